The summed E-state index contributed by atoms with van der Waals surface area (Å²) in [5, 5.41) is 17.8. The first-order chi connectivity index (χ1) is 13.2. The van der Waals surface area contributed by atoms with Gasteiger partial charge in [-0.15, -0.1) is 21.5 Å². The normalized spacial score (nSPS) is 10.9. The Hall–Kier alpha value is -2.55. The number of hydrogen-bond acceptors (Lipinski definition) is 7. The molecule has 1 amide bonds. The predicted molar refractivity (Wildman–Crippen MR) is 107 cm³/mol. The number of benzene rings is 1. The van der Waals surface area contributed by atoms with Gasteiger partial charge in [0.15, 0.2) is 5.13 Å². The fourth-order valence-corrected chi connectivity index (χ4v) is 3.84. The molecule has 0 aliphatic rings. The standard InChI is InChI=1S/C18H13ClN4O2S2/c19-13-3-1-11(2-4-13)14-10-27-18(20-14)21-15(24)5-6-16-22-23-17(25-16)12-7-8-26-9-12/h1-4,7-10H,5-6H2,(H,20,21,24). The maximum Gasteiger partial charge on any atom is 0.248 e. The molecule has 0 aliphatic carbocycles. The van der Waals surface area contributed by atoms with Crippen molar-refractivity contribution in [1.82, 2.24) is 15.2 Å². The Morgan fingerprint density at radius 3 is 2.74 bits per heavy atom. The molecule has 1 N–H and O–H groups in total. The fourth-order valence-electron chi connectivity index (χ4n) is 2.34. The minimum atomic E-state index is -0.151. The van der Waals surface area contributed by atoms with Gasteiger partial charge in [0.2, 0.25) is 17.7 Å². The number of thiazole rings is 1. The molecular formula is C18H13ClN4O2S2. The molecule has 0 unspecified atom stereocenters. The number of thiophene rings is 1. The average molecular weight is 417 g/mol. The highest BCUT2D eigenvalue weighted by Gasteiger charge is 2.12. The maximum absolute atomic E-state index is 12.2. The lowest BCUT2D eigenvalue weighted by atomic mass is 10.2. The minimum Gasteiger partial charge on any atom is -0.421 e. The molecule has 0 fully saturated rings. The van der Waals surface area contributed by atoms with E-state index in [0.717, 1.165) is 16.8 Å². The lowest BCUT2D eigenvalue weighted by Gasteiger charge is -2.00. The van der Waals surface area contributed by atoms with Crippen LogP contribution in [-0.4, -0.2) is 21.1 Å². The maximum atomic E-state index is 12.2. The third kappa shape index (κ3) is 4.41. The first-order valence-corrected chi connectivity index (χ1v) is 10.2. The number of amides is 1. The average Bonchev–Trinajstić information content (AvgIpc) is 3.42. The fraction of sp³-hybridized carbons (Fsp3) is 0.111. The van der Waals surface area contributed by atoms with E-state index in [2.05, 4.69) is 20.5 Å². The van der Waals surface area contributed by atoms with Crippen LogP contribution in [0.1, 0.15) is 12.3 Å². The first-order valence-electron chi connectivity index (χ1n) is 8.03. The molecule has 1 aromatic carbocycles. The summed E-state index contributed by atoms with van der Waals surface area (Å²) in [6.45, 7) is 0. The summed E-state index contributed by atoms with van der Waals surface area (Å²) in [4.78, 5) is 16.6. The van der Waals surface area contributed by atoms with Gasteiger partial charge in [0, 0.05) is 39.8 Å². The van der Waals surface area contributed by atoms with Gasteiger partial charge in [0.05, 0.1) is 5.69 Å². The highest BCUT2D eigenvalue weighted by atomic mass is 35.5. The van der Waals surface area contributed by atoms with Gasteiger partial charge in [-0.3, -0.25) is 4.79 Å². The Bertz CT molecular complexity index is 1040. The molecule has 4 aromatic rings. The van der Waals surface area contributed by atoms with Gasteiger partial charge in [0.25, 0.3) is 0 Å². The van der Waals surface area contributed by atoms with Crippen molar-refractivity contribution in [3.63, 3.8) is 0 Å². The topological polar surface area (TPSA) is 80.9 Å². The van der Waals surface area contributed by atoms with Crippen LogP contribution >= 0.6 is 34.3 Å². The van der Waals surface area contributed by atoms with Crippen LogP contribution in [0.25, 0.3) is 22.7 Å². The van der Waals surface area contributed by atoms with Crippen molar-refractivity contribution in [2.45, 2.75) is 12.8 Å². The minimum absolute atomic E-state index is 0.151. The zero-order valence-electron chi connectivity index (χ0n) is 13.9. The van der Waals surface area contributed by atoms with E-state index in [1.807, 2.05) is 46.5 Å². The number of aryl methyl sites for hydroxylation is 1. The number of nitrogens with one attached hydrogen (secondary N) is 1. The smallest absolute Gasteiger partial charge is 0.248 e. The zero-order chi connectivity index (χ0) is 18.6. The molecule has 9 heteroatoms. The molecule has 3 heterocycles. The van der Waals surface area contributed by atoms with E-state index < -0.39 is 0 Å². The third-order valence-corrected chi connectivity index (χ3v) is 5.38. The number of carbonyl (C=O) groups excluding carboxylic acids is 1. The van der Waals surface area contributed by atoms with Gasteiger partial charge in [-0.2, -0.15) is 11.3 Å². The summed E-state index contributed by atoms with van der Waals surface area (Å²) in [6, 6.07) is 9.31. The van der Waals surface area contributed by atoms with Gasteiger partial charge < -0.3 is 9.73 Å². The number of anilines is 1. The van der Waals surface area contributed by atoms with Crippen LogP contribution in [0.3, 0.4) is 0 Å². The van der Waals surface area contributed by atoms with Crippen molar-refractivity contribution >= 4 is 45.3 Å². The molecule has 0 saturated carbocycles. The summed E-state index contributed by atoms with van der Waals surface area (Å²) in [6.07, 6.45) is 0.611. The van der Waals surface area contributed by atoms with Gasteiger partial charge in [0.1, 0.15) is 0 Å². The molecule has 0 aliphatic heterocycles. The predicted octanol–water partition coefficient (Wildman–Crippen LogP) is 5.15. The van der Waals surface area contributed by atoms with Gasteiger partial charge in [-0.05, 0) is 23.6 Å². The molecule has 0 radical (unpaired) electrons. The monoisotopic (exact) mass is 416 g/mol. The number of rotatable bonds is 6. The summed E-state index contributed by atoms with van der Waals surface area (Å²) in [5.74, 6) is 0.758. The Balaban J connectivity index is 1.33. The van der Waals surface area contributed by atoms with E-state index in [-0.39, 0.29) is 12.3 Å². The molecule has 0 spiro atoms. The van der Waals surface area contributed by atoms with Crippen molar-refractivity contribution in [1.29, 1.82) is 0 Å². The largest absolute Gasteiger partial charge is 0.421 e. The molecule has 4 rings (SSSR count). The van der Waals surface area contributed by atoms with E-state index in [1.54, 1.807) is 11.3 Å². The van der Waals surface area contributed by atoms with Crippen molar-refractivity contribution in [3.8, 4) is 22.7 Å². The van der Waals surface area contributed by atoms with E-state index in [1.165, 1.54) is 11.3 Å². The van der Waals surface area contributed by atoms with E-state index in [4.69, 9.17) is 16.0 Å². The SMILES string of the molecule is O=C(CCc1nnc(-c2ccsc2)o1)Nc1nc(-c2ccc(Cl)cc2)cs1. The van der Waals surface area contributed by atoms with E-state index in [0.29, 0.717) is 28.4 Å². The molecule has 3 aromatic heterocycles. The molecule has 136 valence electrons. The number of carbonyl (C=O) groups is 1. The Kier molecular flexibility index (Phi) is 5.28. The van der Waals surface area contributed by atoms with Crippen LogP contribution < -0.4 is 5.32 Å². The lowest BCUT2D eigenvalue weighted by Crippen LogP contribution is -2.12. The highest BCUT2D eigenvalue weighted by Crippen LogP contribution is 2.26. The second kappa shape index (κ2) is 7.99. The number of nitrogens with zero attached hydrogens (tertiary/aromatic N) is 3. The Labute approximate surface area is 167 Å². The zero-order valence-corrected chi connectivity index (χ0v) is 16.3. The number of aromatic nitrogens is 3. The lowest BCUT2D eigenvalue weighted by molar-refractivity contribution is -0.116. The van der Waals surface area contributed by atoms with E-state index in [9.17, 15) is 4.79 Å². The van der Waals surface area contributed by atoms with Crippen LogP contribution in [-0.2, 0) is 11.2 Å². The molecule has 0 bridgehead atoms. The second-order valence-electron chi connectivity index (χ2n) is 5.61. The highest BCUT2D eigenvalue weighted by molar-refractivity contribution is 7.14. The summed E-state index contributed by atoms with van der Waals surface area (Å²) in [7, 11) is 0. The summed E-state index contributed by atoms with van der Waals surface area (Å²) >= 11 is 8.83. The van der Waals surface area contributed by atoms with E-state index >= 15 is 0 Å². The van der Waals surface area contributed by atoms with Crippen molar-refractivity contribution in [3.05, 3.63) is 57.4 Å². The van der Waals surface area contributed by atoms with Crippen molar-refractivity contribution in [2.24, 2.45) is 0 Å². The summed E-state index contributed by atoms with van der Waals surface area (Å²) in [5.41, 5.74) is 2.63. The summed E-state index contributed by atoms with van der Waals surface area (Å²) < 4.78 is 5.58. The van der Waals surface area contributed by atoms with Gasteiger partial charge in [-0.25, -0.2) is 4.98 Å². The van der Waals surface area contributed by atoms with Crippen LogP contribution in [0.5, 0.6) is 0 Å². The van der Waals surface area contributed by atoms with Crippen molar-refractivity contribution < 1.29 is 9.21 Å². The molecule has 27 heavy (non-hydrogen) atoms. The second-order valence-corrected chi connectivity index (χ2v) is 7.68. The van der Waals surface area contributed by atoms with Crippen LogP contribution in [0, 0.1) is 0 Å². The first kappa shape index (κ1) is 17.8. The molecule has 6 nitrogen and oxygen atoms in total. The van der Waals surface area contributed by atoms with Gasteiger partial charge >= 0.3 is 0 Å². The third-order valence-electron chi connectivity index (χ3n) is 3.69. The Morgan fingerprint density at radius 1 is 1.11 bits per heavy atom. The van der Waals surface area contributed by atoms with Gasteiger partial charge in [-0.1, -0.05) is 23.7 Å². The Morgan fingerprint density at radius 2 is 1.96 bits per heavy atom. The number of hydrogen-bond donors (Lipinski definition) is 1. The van der Waals surface area contributed by atoms with Crippen LogP contribution in [0.15, 0.2) is 50.9 Å². The molecule has 0 saturated heterocycles. The quantitative estimate of drug-likeness (QED) is 0.470. The van der Waals surface area contributed by atoms with Crippen molar-refractivity contribution in [2.75, 3.05) is 5.32 Å². The van der Waals surface area contributed by atoms with Crippen LogP contribution in [0.2, 0.25) is 5.02 Å². The molecular weight excluding hydrogens is 404 g/mol. The number of halogens is 1. The van der Waals surface area contributed by atoms with Crippen LogP contribution in [0.4, 0.5) is 5.13 Å². The molecule has 0 atom stereocenters.